The van der Waals surface area contributed by atoms with Gasteiger partial charge in [0, 0.05) is 24.5 Å². The van der Waals surface area contributed by atoms with E-state index in [0.717, 1.165) is 26.1 Å². The van der Waals surface area contributed by atoms with Gasteiger partial charge >= 0.3 is 0 Å². The molecule has 3 aromatic rings. The summed E-state index contributed by atoms with van der Waals surface area (Å²) in [5.74, 6) is 0. The van der Waals surface area contributed by atoms with Crippen LogP contribution in [0, 0.1) is 0 Å². The molecular formula is C22H26N2S. The molecule has 0 spiro atoms. The lowest BCUT2D eigenvalue weighted by Gasteiger charge is -2.22. The molecule has 0 amide bonds. The van der Waals surface area contributed by atoms with Crippen LogP contribution < -0.4 is 5.73 Å². The smallest absolute Gasteiger partial charge is 0.0331 e. The lowest BCUT2D eigenvalue weighted by molar-refractivity contribution is 0.256. The number of hydrogen-bond acceptors (Lipinski definition) is 3. The van der Waals surface area contributed by atoms with Crippen molar-refractivity contribution in [1.82, 2.24) is 4.90 Å². The Morgan fingerprint density at radius 2 is 1.52 bits per heavy atom. The average molecular weight is 351 g/mol. The molecule has 130 valence electrons. The highest BCUT2D eigenvalue weighted by molar-refractivity contribution is 7.09. The van der Waals surface area contributed by atoms with E-state index in [1.165, 1.54) is 28.0 Å². The van der Waals surface area contributed by atoms with Gasteiger partial charge in [0.1, 0.15) is 0 Å². The van der Waals surface area contributed by atoms with Gasteiger partial charge in [-0.15, -0.1) is 11.3 Å². The molecule has 1 heterocycles. The third-order valence-corrected chi connectivity index (χ3v) is 5.27. The van der Waals surface area contributed by atoms with Gasteiger partial charge in [-0.1, -0.05) is 60.7 Å². The van der Waals surface area contributed by atoms with Crippen molar-refractivity contribution in [2.45, 2.75) is 32.5 Å². The maximum atomic E-state index is 5.70. The van der Waals surface area contributed by atoms with Crippen LogP contribution in [0.2, 0.25) is 0 Å². The molecule has 2 N–H and O–H groups in total. The van der Waals surface area contributed by atoms with Crippen molar-refractivity contribution in [1.29, 1.82) is 0 Å². The van der Waals surface area contributed by atoms with E-state index < -0.39 is 0 Å². The van der Waals surface area contributed by atoms with Crippen molar-refractivity contribution in [3.63, 3.8) is 0 Å². The second-order valence-electron chi connectivity index (χ2n) is 6.40. The number of thiophene rings is 1. The summed E-state index contributed by atoms with van der Waals surface area (Å²) in [5, 5.41) is 2.16. The summed E-state index contributed by atoms with van der Waals surface area (Å²) in [6, 6.07) is 23.8. The highest BCUT2D eigenvalue weighted by Gasteiger charge is 2.08. The number of nitrogens with zero attached hydrogens (tertiary/aromatic N) is 1. The molecule has 0 bridgehead atoms. The Morgan fingerprint density at radius 1 is 0.760 bits per heavy atom. The molecule has 3 rings (SSSR count). The molecule has 0 atom stereocenters. The summed E-state index contributed by atoms with van der Waals surface area (Å²) in [6.45, 7) is 3.71. The van der Waals surface area contributed by atoms with E-state index in [9.17, 15) is 0 Å². The van der Waals surface area contributed by atoms with Crippen LogP contribution in [0.15, 0.2) is 72.1 Å². The van der Waals surface area contributed by atoms with Crippen LogP contribution in [-0.2, 0) is 26.1 Å². The van der Waals surface area contributed by atoms with Crippen LogP contribution in [0.4, 0.5) is 0 Å². The minimum atomic E-state index is 0.607. The maximum absolute atomic E-state index is 5.70. The fraction of sp³-hybridized carbons (Fsp3) is 0.273. The van der Waals surface area contributed by atoms with E-state index in [1.807, 2.05) is 11.3 Å². The van der Waals surface area contributed by atoms with E-state index in [2.05, 4.69) is 77.0 Å². The van der Waals surface area contributed by atoms with E-state index >= 15 is 0 Å². The summed E-state index contributed by atoms with van der Waals surface area (Å²) >= 11 is 1.84. The Morgan fingerprint density at radius 3 is 2.20 bits per heavy atom. The standard InChI is InChI=1S/C22H26N2S/c23-16-20-10-12-21(13-11-20)17-24(18-22-9-5-15-25-22)14-4-8-19-6-2-1-3-7-19/h1-3,5-7,9-13,15H,4,8,14,16-18,23H2. The zero-order valence-corrected chi connectivity index (χ0v) is 15.4. The first-order valence-corrected chi connectivity index (χ1v) is 9.78. The Hall–Kier alpha value is -1.94. The molecule has 25 heavy (non-hydrogen) atoms. The molecule has 0 fully saturated rings. The first-order chi connectivity index (χ1) is 12.3. The molecule has 0 aliphatic heterocycles. The number of hydrogen-bond donors (Lipinski definition) is 1. The molecule has 0 aliphatic rings. The van der Waals surface area contributed by atoms with Gasteiger partial charge in [0.25, 0.3) is 0 Å². The third-order valence-electron chi connectivity index (χ3n) is 4.41. The minimum Gasteiger partial charge on any atom is -0.326 e. The summed E-state index contributed by atoms with van der Waals surface area (Å²) < 4.78 is 0. The fourth-order valence-electron chi connectivity index (χ4n) is 3.03. The Balaban J connectivity index is 1.59. The number of nitrogens with two attached hydrogens (primary N) is 1. The van der Waals surface area contributed by atoms with Crippen LogP contribution in [0.1, 0.15) is 28.0 Å². The summed E-state index contributed by atoms with van der Waals surface area (Å²) in [5.41, 5.74) is 9.67. The average Bonchev–Trinajstić information content (AvgIpc) is 3.16. The predicted molar refractivity (Wildman–Crippen MR) is 108 cm³/mol. The van der Waals surface area contributed by atoms with Crippen LogP contribution in [-0.4, -0.2) is 11.4 Å². The number of benzene rings is 2. The number of rotatable bonds is 9. The molecular weight excluding hydrogens is 324 g/mol. The van der Waals surface area contributed by atoms with E-state index in [0.29, 0.717) is 6.54 Å². The van der Waals surface area contributed by atoms with Crippen molar-refractivity contribution < 1.29 is 0 Å². The van der Waals surface area contributed by atoms with Gasteiger partial charge in [-0.3, -0.25) is 4.90 Å². The predicted octanol–water partition coefficient (Wildman–Crippen LogP) is 4.84. The molecule has 2 nitrogen and oxygen atoms in total. The van der Waals surface area contributed by atoms with Gasteiger partial charge in [0.15, 0.2) is 0 Å². The summed E-state index contributed by atoms with van der Waals surface area (Å²) in [7, 11) is 0. The highest BCUT2D eigenvalue weighted by atomic mass is 32.1. The Kier molecular flexibility index (Phi) is 6.80. The lowest BCUT2D eigenvalue weighted by Crippen LogP contribution is -2.24. The van der Waals surface area contributed by atoms with Gasteiger partial charge in [-0.2, -0.15) is 0 Å². The van der Waals surface area contributed by atoms with Gasteiger partial charge < -0.3 is 5.73 Å². The normalized spacial score (nSPS) is 11.1. The minimum absolute atomic E-state index is 0.607. The van der Waals surface area contributed by atoms with Crippen LogP contribution in [0.25, 0.3) is 0 Å². The Labute approximate surface area is 154 Å². The molecule has 0 radical (unpaired) electrons. The molecule has 0 aliphatic carbocycles. The van der Waals surface area contributed by atoms with Crippen molar-refractivity contribution in [2.24, 2.45) is 5.73 Å². The Bertz CT molecular complexity index is 720. The van der Waals surface area contributed by atoms with E-state index in [-0.39, 0.29) is 0 Å². The summed E-state index contributed by atoms with van der Waals surface area (Å²) in [6.07, 6.45) is 2.31. The first-order valence-electron chi connectivity index (χ1n) is 8.90. The summed E-state index contributed by atoms with van der Waals surface area (Å²) in [4.78, 5) is 3.98. The highest BCUT2D eigenvalue weighted by Crippen LogP contribution is 2.16. The first kappa shape index (κ1) is 17.9. The molecule has 3 heteroatoms. The quantitative estimate of drug-likeness (QED) is 0.598. The van der Waals surface area contributed by atoms with E-state index in [1.54, 1.807) is 0 Å². The maximum Gasteiger partial charge on any atom is 0.0331 e. The molecule has 0 saturated heterocycles. The van der Waals surface area contributed by atoms with Crippen LogP contribution in [0.5, 0.6) is 0 Å². The van der Waals surface area contributed by atoms with E-state index in [4.69, 9.17) is 5.73 Å². The second kappa shape index (κ2) is 9.52. The zero-order chi connectivity index (χ0) is 17.3. The molecule has 0 saturated carbocycles. The fourth-order valence-corrected chi connectivity index (χ4v) is 3.77. The SMILES string of the molecule is NCc1ccc(CN(CCCc2ccccc2)Cc2cccs2)cc1. The van der Waals surface area contributed by atoms with Crippen molar-refractivity contribution >= 4 is 11.3 Å². The second-order valence-corrected chi connectivity index (χ2v) is 7.43. The van der Waals surface area contributed by atoms with Gasteiger partial charge in [0.05, 0.1) is 0 Å². The van der Waals surface area contributed by atoms with Crippen LogP contribution in [0.3, 0.4) is 0 Å². The van der Waals surface area contributed by atoms with Crippen molar-refractivity contribution in [3.8, 4) is 0 Å². The number of aryl methyl sites for hydroxylation is 1. The monoisotopic (exact) mass is 350 g/mol. The largest absolute Gasteiger partial charge is 0.326 e. The lowest BCUT2D eigenvalue weighted by atomic mass is 10.1. The zero-order valence-electron chi connectivity index (χ0n) is 14.6. The van der Waals surface area contributed by atoms with Crippen molar-refractivity contribution in [3.05, 3.63) is 93.7 Å². The van der Waals surface area contributed by atoms with Gasteiger partial charge in [-0.25, -0.2) is 0 Å². The molecule has 1 aromatic heterocycles. The van der Waals surface area contributed by atoms with Gasteiger partial charge in [0.2, 0.25) is 0 Å². The molecule has 2 aromatic carbocycles. The van der Waals surface area contributed by atoms with Crippen molar-refractivity contribution in [2.75, 3.05) is 6.54 Å². The third kappa shape index (κ3) is 5.82. The topological polar surface area (TPSA) is 29.3 Å². The molecule has 0 unspecified atom stereocenters. The van der Waals surface area contributed by atoms with Crippen LogP contribution >= 0.6 is 11.3 Å². The van der Waals surface area contributed by atoms with Gasteiger partial charge in [-0.05, 0) is 47.5 Å².